The summed E-state index contributed by atoms with van der Waals surface area (Å²) in [4.78, 5) is 16.8. The van der Waals surface area contributed by atoms with Crippen LogP contribution in [0.15, 0.2) is 42.5 Å². The third kappa shape index (κ3) is 6.36. The monoisotopic (exact) mass is 527 g/mol. The highest BCUT2D eigenvalue weighted by Crippen LogP contribution is 2.26. The number of unbranched alkanes of at least 4 members (excludes halogenated alkanes) is 2. The Morgan fingerprint density at radius 1 is 1.05 bits per heavy atom. The van der Waals surface area contributed by atoms with Crippen molar-refractivity contribution in [1.29, 1.82) is 0 Å². The van der Waals surface area contributed by atoms with Crippen LogP contribution in [0.25, 0.3) is 28.1 Å². The molecule has 0 aliphatic carbocycles. The number of H-pyrrole nitrogens is 1. The van der Waals surface area contributed by atoms with Crippen LogP contribution < -0.4 is 10.1 Å². The predicted octanol–water partition coefficient (Wildman–Crippen LogP) is 4.93. The molecule has 0 bridgehead atoms. The molecule has 5 rings (SSSR count). The molecule has 0 unspecified atom stereocenters. The summed E-state index contributed by atoms with van der Waals surface area (Å²) >= 11 is 0. The number of aromatic nitrogens is 8. The number of tetrazole rings is 1. The Hall–Kier alpha value is -4.41. The van der Waals surface area contributed by atoms with Gasteiger partial charge in [-0.05, 0) is 48.6 Å². The largest absolute Gasteiger partial charge is 0.489 e. The average Bonchev–Trinajstić information content (AvgIpc) is 3.60. The van der Waals surface area contributed by atoms with Gasteiger partial charge in [0.05, 0.1) is 11.0 Å². The second-order valence-corrected chi connectivity index (χ2v) is 10.1. The SMILES string of the molecule is Cc1nnc2c(NCCCCCC(=O)CC(C)C)nc3cc(OCc4ccc(-c5nn[nH]n5)cc4)ccc3n12. The fraction of sp³-hybridized carbons (Fsp3) is 0.393. The number of rotatable bonds is 13. The number of ketones is 1. The highest BCUT2D eigenvalue weighted by Gasteiger charge is 2.14. The maximum absolute atomic E-state index is 11.9. The van der Waals surface area contributed by atoms with Gasteiger partial charge in [0.1, 0.15) is 24.0 Å². The van der Waals surface area contributed by atoms with E-state index in [1.165, 1.54) is 0 Å². The van der Waals surface area contributed by atoms with Crippen LogP contribution in [-0.2, 0) is 11.4 Å². The second kappa shape index (κ2) is 12.0. The molecule has 0 spiro atoms. The van der Waals surface area contributed by atoms with Crippen molar-refractivity contribution in [1.82, 2.24) is 40.2 Å². The van der Waals surface area contributed by atoms with Gasteiger partial charge in [0.15, 0.2) is 5.82 Å². The Bertz CT molecular complexity index is 1540. The normalized spacial score (nSPS) is 11.5. The van der Waals surface area contributed by atoms with Crippen molar-refractivity contribution in [2.75, 3.05) is 11.9 Å². The number of hydrogen-bond donors (Lipinski definition) is 2. The third-order valence-corrected chi connectivity index (χ3v) is 6.48. The van der Waals surface area contributed by atoms with Crippen LogP contribution in [0.5, 0.6) is 5.75 Å². The summed E-state index contributed by atoms with van der Waals surface area (Å²) in [7, 11) is 0. The first-order valence-corrected chi connectivity index (χ1v) is 13.3. The summed E-state index contributed by atoms with van der Waals surface area (Å²) in [5.41, 5.74) is 4.31. The Labute approximate surface area is 226 Å². The molecular weight excluding hydrogens is 494 g/mol. The van der Waals surface area contributed by atoms with Gasteiger partial charge in [0, 0.05) is 31.0 Å². The molecular formula is C28H33N9O2. The molecule has 2 aromatic carbocycles. The number of aromatic amines is 1. The van der Waals surface area contributed by atoms with Crippen molar-refractivity contribution in [2.45, 2.75) is 59.5 Å². The highest BCUT2D eigenvalue weighted by atomic mass is 16.5. The molecule has 3 aromatic heterocycles. The molecule has 0 aliphatic heterocycles. The third-order valence-electron chi connectivity index (χ3n) is 6.48. The smallest absolute Gasteiger partial charge is 0.204 e. The zero-order valence-electron chi connectivity index (χ0n) is 22.5. The summed E-state index contributed by atoms with van der Waals surface area (Å²) < 4.78 is 8.09. The second-order valence-electron chi connectivity index (χ2n) is 10.1. The first-order valence-electron chi connectivity index (χ1n) is 13.3. The van der Waals surface area contributed by atoms with Gasteiger partial charge in [-0.25, -0.2) is 4.98 Å². The minimum Gasteiger partial charge on any atom is -0.489 e. The molecule has 39 heavy (non-hydrogen) atoms. The molecule has 0 radical (unpaired) electrons. The Kier molecular flexibility index (Phi) is 8.04. The maximum Gasteiger partial charge on any atom is 0.204 e. The molecule has 202 valence electrons. The molecule has 5 aromatic rings. The molecule has 3 heterocycles. The van der Waals surface area contributed by atoms with Crippen LogP contribution in [0, 0.1) is 12.8 Å². The maximum atomic E-state index is 11.9. The lowest BCUT2D eigenvalue weighted by molar-refractivity contribution is -0.119. The van der Waals surface area contributed by atoms with Gasteiger partial charge in [-0.2, -0.15) is 5.21 Å². The Morgan fingerprint density at radius 3 is 2.67 bits per heavy atom. The number of nitrogens with one attached hydrogen (secondary N) is 2. The van der Waals surface area contributed by atoms with Gasteiger partial charge < -0.3 is 10.1 Å². The fourth-order valence-corrected chi connectivity index (χ4v) is 4.55. The van der Waals surface area contributed by atoms with Gasteiger partial charge >= 0.3 is 0 Å². The number of benzene rings is 2. The zero-order valence-corrected chi connectivity index (χ0v) is 22.5. The minimum absolute atomic E-state index is 0.355. The number of hydrogen-bond acceptors (Lipinski definition) is 9. The summed E-state index contributed by atoms with van der Waals surface area (Å²) in [6.45, 7) is 7.25. The van der Waals surface area contributed by atoms with Crippen LogP contribution in [0.3, 0.4) is 0 Å². The minimum atomic E-state index is 0.355. The number of anilines is 1. The molecule has 0 saturated heterocycles. The van der Waals surface area contributed by atoms with Crippen molar-refractivity contribution < 1.29 is 9.53 Å². The van der Waals surface area contributed by atoms with E-state index in [1.54, 1.807) is 0 Å². The first-order chi connectivity index (χ1) is 19.0. The Balaban J connectivity index is 1.23. The van der Waals surface area contributed by atoms with Gasteiger partial charge in [0.2, 0.25) is 11.5 Å². The molecule has 0 amide bonds. The van der Waals surface area contributed by atoms with E-state index in [9.17, 15) is 4.79 Å². The van der Waals surface area contributed by atoms with Gasteiger partial charge in [0.25, 0.3) is 0 Å². The number of fused-ring (bicyclic) bond motifs is 3. The van der Waals surface area contributed by atoms with Crippen molar-refractivity contribution >= 4 is 28.3 Å². The van der Waals surface area contributed by atoms with E-state index in [2.05, 4.69) is 50.0 Å². The van der Waals surface area contributed by atoms with E-state index in [4.69, 9.17) is 9.72 Å². The van der Waals surface area contributed by atoms with E-state index < -0.39 is 0 Å². The van der Waals surface area contributed by atoms with Gasteiger partial charge in [-0.15, -0.1) is 20.4 Å². The number of Topliss-reactive ketones (excluding diaryl/α,β-unsaturated/α-hetero) is 1. The first kappa shape index (κ1) is 26.2. The van der Waals surface area contributed by atoms with Crippen molar-refractivity contribution in [2.24, 2.45) is 5.92 Å². The number of carbonyl (C=O) groups excluding carboxylic acids is 1. The van der Waals surface area contributed by atoms with Gasteiger partial charge in [-0.3, -0.25) is 9.20 Å². The van der Waals surface area contributed by atoms with Crippen molar-refractivity contribution in [3.8, 4) is 17.1 Å². The fourth-order valence-electron chi connectivity index (χ4n) is 4.55. The molecule has 0 saturated carbocycles. The predicted molar refractivity (Wildman–Crippen MR) is 148 cm³/mol. The average molecular weight is 528 g/mol. The van der Waals surface area contributed by atoms with Crippen LogP contribution in [0.2, 0.25) is 0 Å². The van der Waals surface area contributed by atoms with Gasteiger partial charge in [-0.1, -0.05) is 44.5 Å². The molecule has 11 nitrogen and oxygen atoms in total. The van der Waals surface area contributed by atoms with Crippen LogP contribution in [0.1, 0.15) is 57.3 Å². The topological polar surface area (TPSA) is 136 Å². The highest BCUT2D eigenvalue weighted by molar-refractivity contribution is 5.84. The van der Waals surface area contributed by atoms with Crippen molar-refractivity contribution in [3.05, 3.63) is 53.9 Å². The van der Waals surface area contributed by atoms with E-state index in [0.717, 1.165) is 59.5 Å². The Morgan fingerprint density at radius 2 is 1.90 bits per heavy atom. The molecule has 0 fully saturated rings. The summed E-state index contributed by atoms with van der Waals surface area (Å²) in [6.07, 6.45) is 4.18. The molecule has 0 aliphatic rings. The quantitative estimate of drug-likeness (QED) is 0.204. The van der Waals surface area contributed by atoms with E-state index in [1.807, 2.05) is 53.8 Å². The van der Waals surface area contributed by atoms with E-state index in [-0.39, 0.29) is 0 Å². The lowest BCUT2D eigenvalue weighted by Crippen LogP contribution is -2.07. The number of aryl methyl sites for hydroxylation is 1. The molecule has 0 atom stereocenters. The number of nitrogens with zero attached hydrogens (tertiary/aromatic N) is 7. The summed E-state index contributed by atoms with van der Waals surface area (Å²) in [5.74, 6) is 3.54. The molecule has 11 heteroatoms. The van der Waals surface area contributed by atoms with E-state index >= 15 is 0 Å². The van der Waals surface area contributed by atoms with Crippen molar-refractivity contribution in [3.63, 3.8) is 0 Å². The summed E-state index contributed by atoms with van der Waals surface area (Å²) in [5, 5.41) is 26.1. The van der Waals surface area contributed by atoms with Crippen LogP contribution in [0.4, 0.5) is 5.82 Å². The van der Waals surface area contributed by atoms with E-state index in [0.29, 0.717) is 48.4 Å². The zero-order chi connectivity index (χ0) is 27.2. The lowest BCUT2D eigenvalue weighted by Gasteiger charge is -2.12. The standard InChI is InChI=1S/C28H33N9O2/c1-18(2)15-22(38)7-5-4-6-14-29-27-28-34-31-19(3)37(28)25-13-12-23(16-24(25)30-27)39-17-20-8-10-21(11-9-20)26-32-35-36-33-26/h8-13,16,18H,4-7,14-15,17H2,1-3H3,(H,29,30)(H,32,33,35,36). The lowest BCUT2D eigenvalue weighted by atomic mass is 10.0. The van der Waals surface area contributed by atoms with Crippen LogP contribution >= 0.6 is 0 Å². The summed E-state index contributed by atoms with van der Waals surface area (Å²) in [6, 6.07) is 13.7. The van der Waals surface area contributed by atoms with Crippen LogP contribution in [-0.4, -0.2) is 52.5 Å². The number of carbonyl (C=O) groups is 1. The molecule has 2 N–H and O–H groups in total. The number of ether oxygens (including phenoxy) is 1.